The number of piperidine rings is 1. The molecule has 0 aromatic heterocycles. The summed E-state index contributed by atoms with van der Waals surface area (Å²) in [6.07, 6.45) is 5.40. The maximum Gasteiger partial charge on any atom is 0.320 e. The van der Waals surface area contributed by atoms with Crippen LogP contribution in [0.5, 0.6) is 5.75 Å². The van der Waals surface area contributed by atoms with Gasteiger partial charge in [0.05, 0.1) is 0 Å². The van der Waals surface area contributed by atoms with Gasteiger partial charge in [0.15, 0.2) is 0 Å². The van der Waals surface area contributed by atoms with Crippen molar-refractivity contribution in [1.82, 2.24) is 14.7 Å². The van der Waals surface area contributed by atoms with E-state index in [2.05, 4.69) is 16.8 Å². The number of carbonyl (C=O) groups is 1. The fourth-order valence-electron chi connectivity index (χ4n) is 3.73. The minimum atomic E-state index is 0.235. The molecule has 1 atom stereocenters. The van der Waals surface area contributed by atoms with Crippen LogP contribution in [0.3, 0.4) is 0 Å². The fraction of sp³-hybridized carbons (Fsp3) is 0.632. The first-order chi connectivity index (χ1) is 11.6. The summed E-state index contributed by atoms with van der Waals surface area (Å²) < 4.78 is 0. The quantitative estimate of drug-likeness (QED) is 0.926. The molecule has 2 fully saturated rings. The summed E-state index contributed by atoms with van der Waals surface area (Å²) in [6, 6.07) is 8.01. The molecule has 2 amide bonds. The van der Waals surface area contributed by atoms with Gasteiger partial charge in [-0.2, -0.15) is 0 Å². The lowest BCUT2D eigenvalue weighted by Gasteiger charge is -2.41. The third kappa shape index (κ3) is 4.20. The maximum atomic E-state index is 12.9. The number of aryl methyl sites for hydroxylation is 1. The van der Waals surface area contributed by atoms with Crippen LogP contribution in [-0.4, -0.2) is 71.7 Å². The van der Waals surface area contributed by atoms with E-state index in [1.54, 1.807) is 12.1 Å². The number of likely N-dealkylation sites (tertiary alicyclic amines) is 1. The van der Waals surface area contributed by atoms with Crippen molar-refractivity contribution in [2.75, 3.05) is 39.8 Å². The zero-order valence-electron chi connectivity index (χ0n) is 14.7. The Balaban J connectivity index is 1.58. The van der Waals surface area contributed by atoms with Crippen molar-refractivity contribution in [2.45, 2.75) is 38.1 Å². The molecule has 2 saturated heterocycles. The molecule has 2 heterocycles. The molecule has 5 heteroatoms. The summed E-state index contributed by atoms with van der Waals surface area (Å²) in [5.74, 6) is 0.309. The minimum absolute atomic E-state index is 0.235. The number of carbonyl (C=O) groups excluding carboxylic acids is 1. The predicted octanol–water partition coefficient (Wildman–Crippen LogP) is 2.55. The second-order valence-electron chi connectivity index (χ2n) is 7.12. The van der Waals surface area contributed by atoms with Crippen molar-refractivity contribution >= 4 is 6.03 Å². The normalized spacial score (nSPS) is 22.6. The monoisotopic (exact) mass is 331 g/mol. The summed E-state index contributed by atoms with van der Waals surface area (Å²) in [7, 11) is 2.11. The third-order valence-corrected chi connectivity index (χ3v) is 5.35. The summed E-state index contributed by atoms with van der Waals surface area (Å²) in [5.41, 5.74) is 1.23. The van der Waals surface area contributed by atoms with Gasteiger partial charge in [-0.25, -0.2) is 4.79 Å². The number of benzene rings is 1. The van der Waals surface area contributed by atoms with Gasteiger partial charge in [-0.3, -0.25) is 0 Å². The largest absolute Gasteiger partial charge is 0.508 e. The molecule has 1 N–H and O–H groups in total. The summed E-state index contributed by atoms with van der Waals surface area (Å²) >= 11 is 0. The summed E-state index contributed by atoms with van der Waals surface area (Å²) in [5, 5.41) is 9.39. The number of urea groups is 1. The molecule has 0 bridgehead atoms. The van der Waals surface area contributed by atoms with Crippen molar-refractivity contribution in [3.05, 3.63) is 29.8 Å². The van der Waals surface area contributed by atoms with E-state index in [1.807, 2.05) is 17.0 Å². The number of hydrogen-bond donors (Lipinski definition) is 1. The van der Waals surface area contributed by atoms with Crippen LogP contribution in [0.2, 0.25) is 0 Å². The minimum Gasteiger partial charge on any atom is -0.508 e. The van der Waals surface area contributed by atoms with Gasteiger partial charge in [0, 0.05) is 38.8 Å². The Kier molecular flexibility index (Phi) is 5.61. The van der Waals surface area contributed by atoms with E-state index >= 15 is 0 Å². The number of rotatable bonds is 3. The molecule has 0 aliphatic carbocycles. The number of likely N-dealkylation sites (N-methyl/N-ethyl adjacent to an activating group) is 1. The predicted molar refractivity (Wildman–Crippen MR) is 95.2 cm³/mol. The maximum absolute atomic E-state index is 12.9. The van der Waals surface area contributed by atoms with E-state index in [0.717, 1.165) is 58.4 Å². The van der Waals surface area contributed by atoms with E-state index in [9.17, 15) is 9.90 Å². The molecule has 0 unspecified atom stereocenters. The number of phenols is 1. The number of aromatic hydroxyl groups is 1. The van der Waals surface area contributed by atoms with Crippen molar-refractivity contribution in [3.8, 4) is 5.75 Å². The van der Waals surface area contributed by atoms with Crippen LogP contribution in [0.4, 0.5) is 4.79 Å². The smallest absolute Gasteiger partial charge is 0.320 e. The van der Waals surface area contributed by atoms with Crippen molar-refractivity contribution < 1.29 is 9.90 Å². The van der Waals surface area contributed by atoms with Gasteiger partial charge in [0.2, 0.25) is 0 Å². The molecule has 24 heavy (non-hydrogen) atoms. The van der Waals surface area contributed by atoms with E-state index in [0.29, 0.717) is 11.8 Å². The summed E-state index contributed by atoms with van der Waals surface area (Å²) in [6.45, 7) is 4.52. The average molecular weight is 331 g/mol. The van der Waals surface area contributed by atoms with Crippen molar-refractivity contribution in [2.24, 2.45) is 0 Å². The van der Waals surface area contributed by atoms with Crippen LogP contribution in [0.1, 0.15) is 31.2 Å². The number of phenolic OH excluding ortho intramolecular Hbond substituents is 1. The SMILES string of the molecule is CN1CCN(C(=O)N2CCCC[C@H]2CCc2ccc(O)cc2)CC1. The number of nitrogens with zero attached hydrogens (tertiary/aromatic N) is 3. The van der Waals surface area contributed by atoms with Crippen LogP contribution < -0.4 is 0 Å². The second-order valence-corrected chi connectivity index (χ2v) is 7.12. The first-order valence-corrected chi connectivity index (χ1v) is 9.15. The number of amides is 2. The van der Waals surface area contributed by atoms with Crippen molar-refractivity contribution in [1.29, 1.82) is 0 Å². The Morgan fingerprint density at radius 1 is 1.08 bits per heavy atom. The Hall–Kier alpha value is -1.75. The van der Waals surface area contributed by atoms with Crippen LogP contribution in [0.25, 0.3) is 0 Å². The molecule has 0 spiro atoms. The van der Waals surface area contributed by atoms with E-state index in [-0.39, 0.29) is 6.03 Å². The molecule has 0 saturated carbocycles. The number of piperazine rings is 1. The zero-order chi connectivity index (χ0) is 16.9. The third-order valence-electron chi connectivity index (χ3n) is 5.35. The van der Waals surface area contributed by atoms with Crippen LogP contribution >= 0.6 is 0 Å². The molecular weight excluding hydrogens is 302 g/mol. The van der Waals surface area contributed by atoms with Crippen molar-refractivity contribution in [3.63, 3.8) is 0 Å². The molecule has 3 rings (SSSR count). The highest BCUT2D eigenvalue weighted by atomic mass is 16.3. The standard InChI is InChI=1S/C19H29N3O2/c1-20-12-14-21(15-13-20)19(24)22-11-3-2-4-17(22)8-5-16-6-9-18(23)10-7-16/h6-7,9-10,17,23H,2-5,8,11-15H2,1H3/t17-/m0/s1. The molecule has 0 radical (unpaired) electrons. The molecule has 2 aliphatic rings. The highest BCUT2D eigenvalue weighted by Crippen LogP contribution is 2.23. The highest BCUT2D eigenvalue weighted by Gasteiger charge is 2.30. The van der Waals surface area contributed by atoms with Gasteiger partial charge in [-0.05, 0) is 56.8 Å². The molecule has 1 aromatic carbocycles. The van der Waals surface area contributed by atoms with Crippen LogP contribution in [0, 0.1) is 0 Å². The van der Waals surface area contributed by atoms with Gasteiger partial charge >= 0.3 is 6.03 Å². The zero-order valence-corrected chi connectivity index (χ0v) is 14.7. The lowest BCUT2D eigenvalue weighted by molar-refractivity contribution is 0.0928. The molecule has 132 valence electrons. The lowest BCUT2D eigenvalue weighted by atomic mass is 9.96. The summed E-state index contributed by atoms with van der Waals surface area (Å²) in [4.78, 5) is 19.4. The first-order valence-electron chi connectivity index (χ1n) is 9.15. The van der Waals surface area contributed by atoms with Crippen LogP contribution in [0.15, 0.2) is 24.3 Å². The van der Waals surface area contributed by atoms with E-state index < -0.39 is 0 Å². The Bertz CT molecular complexity index is 538. The van der Waals surface area contributed by atoms with Gasteiger partial charge in [0.25, 0.3) is 0 Å². The Labute approximate surface area is 144 Å². The van der Waals surface area contributed by atoms with Gasteiger partial charge < -0.3 is 19.8 Å². The fourth-order valence-corrected chi connectivity index (χ4v) is 3.73. The molecule has 1 aromatic rings. The Morgan fingerprint density at radius 3 is 2.50 bits per heavy atom. The highest BCUT2D eigenvalue weighted by molar-refractivity contribution is 5.75. The molecular formula is C19H29N3O2. The van der Waals surface area contributed by atoms with E-state index in [1.165, 1.54) is 12.0 Å². The van der Waals surface area contributed by atoms with E-state index in [4.69, 9.17) is 0 Å². The topological polar surface area (TPSA) is 47.0 Å². The molecule has 2 aliphatic heterocycles. The second kappa shape index (κ2) is 7.88. The van der Waals surface area contributed by atoms with Crippen LogP contribution in [-0.2, 0) is 6.42 Å². The van der Waals surface area contributed by atoms with Gasteiger partial charge in [-0.1, -0.05) is 12.1 Å². The first kappa shape index (κ1) is 17.1. The van der Waals surface area contributed by atoms with Gasteiger partial charge in [-0.15, -0.1) is 0 Å². The number of hydrogen-bond acceptors (Lipinski definition) is 3. The molecule has 5 nitrogen and oxygen atoms in total. The Morgan fingerprint density at radius 2 is 1.79 bits per heavy atom. The van der Waals surface area contributed by atoms with Gasteiger partial charge in [0.1, 0.15) is 5.75 Å². The average Bonchev–Trinajstić information content (AvgIpc) is 2.61. The lowest BCUT2D eigenvalue weighted by Crippen LogP contribution is -2.55.